The van der Waals surface area contributed by atoms with Crippen LogP contribution in [0, 0.1) is 0 Å². The molecule has 5 rings (SSSR count). The van der Waals surface area contributed by atoms with Crippen molar-refractivity contribution in [2.45, 2.75) is 26.5 Å². The van der Waals surface area contributed by atoms with E-state index in [1.807, 2.05) is 30.3 Å². The second kappa shape index (κ2) is 8.47. The number of ether oxygens (including phenoxy) is 1. The Balaban J connectivity index is 1.37. The zero-order valence-electron chi connectivity index (χ0n) is 18.7. The van der Waals surface area contributed by atoms with Gasteiger partial charge in [-0.3, -0.25) is 9.59 Å². The Morgan fingerprint density at radius 2 is 1.65 bits per heavy atom. The molecule has 0 saturated carbocycles. The molecule has 2 heterocycles. The zero-order chi connectivity index (χ0) is 23.8. The number of carbonyl (C=O) groups is 2. The van der Waals surface area contributed by atoms with Crippen LogP contribution in [0.15, 0.2) is 71.5 Å². The number of rotatable bonds is 5. The third kappa shape index (κ3) is 3.59. The fraction of sp³-hybridized carbons (Fsp3) is 0.154. The standard InChI is InChI=1S/C26H22N4O4/c1-3-30-21-11-7-6-8-17(21)20-14-16(12-13-22(20)30)27-24(31)15(2)34-26(33)23-18-9-4-5-10-19(18)25(32)29-28-23/h4-15H,3H2,1-2H3,(H,27,31)(H,29,32)/t15-/m1/s1. The molecule has 0 bridgehead atoms. The highest BCUT2D eigenvalue weighted by Gasteiger charge is 2.22. The Morgan fingerprint density at radius 3 is 2.41 bits per heavy atom. The summed E-state index contributed by atoms with van der Waals surface area (Å²) in [6, 6.07) is 20.4. The molecule has 8 heteroatoms. The molecule has 0 fully saturated rings. The van der Waals surface area contributed by atoms with E-state index in [0.29, 0.717) is 16.5 Å². The normalized spacial score (nSPS) is 12.2. The van der Waals surface area contributed by atoms with E-state index in [0.717, 1.165) is 28.4 Å². The van der Waals surface area contributed by atoms with Crippen molar-refractivity contribution in [3.05, 3.63) is 82.8 Å². The third-order valence-corrected chi connectivity index (χ3v) is 5.90. The molecule has 1 amide bonds. The van der Waals surface area contributed by atoms with Crippen LogP contribution in [0.1, 0.15) is 24.3 Å². The number of benzene rings is 3. The molecule has 0 aliphatic rings. The average molecular weight is 454 g/mol. The van der Waals surface area contributed by atoms with Crippen LogP contribution >= 0.6 is 0 Å². The summed E-state index contributed by atoms with van der Waals surface area (Å²) in [6.07, 6.45) is -1.08. The Kier molecular flexibility index (Phi) is 5.33. The van der Waals surface area contributed by atoms with Crippen LogP contribution in [0.25, 0.3) is 32.6 Å². The van der Waals surface area contributed by atoms with Gasteiger partial charge >= 0.3 is 5.97 Å². The van der Waals surface area contributed by atoms with E-state index >= 15 is 0 Å². The number of esters is 1. The minimum absolute atomic E-state index is 0.0522. The van der Waals surface area contributed by atoms with Crippen molar-refractivity contribution in [1.29, 1.82) is 0 Å². The lowest BCUT2D eigenvalue weighted by molar-refractivity contribution is -0.123. The van der Waals surface area contributed by atoms with Gasteiger partial charge in [0.15, 0.2) is 11.8 Å². The van der Waals surface area contributed by atoms with Crippen molar-refractivity contribution in [3.8, 4) is 0 Å². The summed E-state index contributed by atoms with van der Waals surface area (Å²) in [5, 5.41) is 11.8. The van der Waals surface area contributed by atoms with Gasteiger partial charge < -0.3 is 14.6 Å². The summed E-state index contributed by atoms with van der Waals surface area (Å²) in [5.41, 5.74) is 2.36. The fourth-order valence-electron chi connectivity index (χ4n) is 4.26. The summed E-state index contributed by atoms with van der Waals surface area (Å²) < 4.78 is 7.58. The number of aryl methyl sites for hydroxylation is 1. The monoisotopic (exact) mass is 454 g/mol. The molecule has 170 valence electrons. The largest absolute Gasteiger partial charge is 0.448 e. The molecule has 0 aliphatic carbocycles. The van der Waals surface area contributed by atoms with Gasteiger partial charge in [0.25, 0.3) is 11.5 Å². The number of aromatic amines is 1. The van der Waals surface area contributed by atoms with Crippen LogP contribution in [0.3, 0.4) is 0 Å². The Labute approximate surface area is 194 Å². The molecule has 0 aliphatic heterocycles. The molecule has 0 unspecified atom stereocenters. The summed E-state index contributed by atoms with van der Waals surface area (Å²) in [4.78, 5) is 37.4. The minimum Gasteiger partial charge on any atom is -0.448 e. The molecule has 3 aromatic carbocycles. The van der Waals surface area contributed by atoms with E-state index < -0.39 is 23.5 Å². The lowest BCUT2D eigenvalue weighted by Gasteiger charge is -2.14. The highest BCUT2D eigenvalue weighted by Crippen LogP contribution is 2.31. The number of fused-ring (bicyclic) bond motifs is 4. The Bertz CT molecular complexity index is 1630. The smallest absolute Gasteiger partial charge is 0.360 e. The number of hydrogen-bond acceptors (Lipinski definition) is 5. The molecular weight excluding hydrogens is 432 g/mol. The van der Waals surface area contributed by atoms with Crippen molar-refractivity contribution >= 4 is 50.1 Å². The number of amides is 1. The van der Waals surface area contributed by atoms with Crippen LogP contribution in [0.2, 0.25) is 0 Å². The predicted molar refractivity (Wildman–Crippen MR) is 131 cm³/mol. The van der Waals surface area contributed by atoms with Crippen LogP contribution in [-0.4, -0.2) is 32.7 Å². The van der Waals surface area contributed by atoms with E-state index in [1.165, 1.54) is 6.92 Å². The number of carbonyl (C=O) groups excluding carboxylic acids is 2. The molecule has 5 aromatic rings. The van der Waals surface area contributed by atoms with Gasteiger partial charge in [0, 0.05) is 39.4 Å². The van der Waals surface area contributed by atoms with Gasteiger partial charge in [-0.2, -0.15) is 5.10 Å². The molecule has 0 radical (unpaired) electrons. The molecule has 8 nitrogen and oxygen atoms in total. The maximum absolute atomic E-state index is 12.8. The topological polar surface area (TPSA) is 106 Å². The molecule has 0 saturated heterocycles. The Morgan fingerprint density at radius 1 is 0.971 bits per heavy atom. The number of H-pyrrole nitrogens is 1. The van der Waals surface area contributed by atoms with Crippen LogP contribution < -0.4 is 10.9 Å². The van der Waals surface area contributed by atoms with Gasteiger partial charge in [-0.1, -0.05) is 36.4 Å². The second-order valence-corrected chi connectivity index (χ2v) is 7.98. The lowest BCUT2D eigenvalue weighted by Crippen LogP contribution is -2.30. The van der Waals surface area contributed by atoms with Crippen molar-refractivity contribution in [2.24, 2.45) is 0 Å². The zero-order valence-corrected chi connectivity index (χ0v) is 18.7. The van der Waals surface area contributed by atoms with Crippen LogP contribution in [0.5, 0.6) is 0 Å². The van der Waals surface area contributed by atoms with Gasteiger partial charge in [-0.05, 0) is 44.2 Å². The molecule has 1 atom stereocenters. The van der Waals surface area contributed by atoms with Crippen molar-refractivity contribution < 1.29 is 14.3 Å². The highest BCUT2D eigenvalue weighted by atomic mass is 16.5. The van der Waals surface area contributed by atoms with E-state index in [9.17, 15) is 14.4 Å². The van der Waals surface area contributed by atoms with Gasteiger partial charge in [0.1, 0.15) is 0 Å². The molecule has 34 heavy (non-hydrogen) atoms. The van der Waals surface area contributed by atoms with Crippen molar-refractivity contribution in [1.82, 2.24) is 14.8 Å². The van der Waals surface area contributed by atoms with E-state index in [1.54, 1.807) is 24.3 Å². The SMILES string of the molecule is CCn1c2ccccc2c2cc(NC(=O)[C@@H](C)OC(=O)c3n[nH]c(=O)c4ccccc34)ccc21. The van der Waals surface area contributed by atoms with Crippen LogP contribution in [0.4, 0.5) is 5.69 Å². The molecule has 0 spiro atoms. The number of anilines is 1. The van der Waals surface area contributed by atoms with E-state index in [-0.39, 0.29) is 5.69 Å². The first-order valence-electron chi connectivity index (χ1n) is 11.0. The predicted octanol–water partition coefficient (Wildman–Crippen LogP) is 4.23. The number of nitrogens with one attached hydrogen (secondary N) is 2. The first kappa shape index (κ1) is 21.4. The number of hydrogen-bond donors (Lipinski definition) is 2. The summed E-state index contributed by atoms with van der Waals surface area (Å²) in [7, 11) is 0. The first-order valence-corrected chi connectivity index (χ1v) is 11.0. The van der Waals surface area contributed by atoms with Gasteiger partial charge in [0.05, 0.1) is 5.39 Å². The summed E-state index contributed by atoms with van der Waals surface area (Å²) >= 11 is 0. The van der Waals surface area contributed by atoms with Gasteiger partial charge in [-0.25, -0.2) is 9.89 Å². The summed E-state index contributed by atoms with van der Waals surface area (Å²) in [5.74, 6) is -1.27. The second-order valence-electron chi connectivity index (χ2n) is 7.98. The third-order valence-electron chi connectivity index (χ3n) is 5.90. The maximum Gasteiger partial charge on any atom is 0.360 e. The quantitative estimate of drug-likeness (QED) is 0.387. The highest BCUT2D eigenvalue weighted by molar-refractivity contribution is 6.10. The lowest BCUT2D eigenvalue weighted by atomic mass is 10.1. The van der Waals surface area contributed by atoms with E-state index in [4.69, 9.17) is 4.74 Å². The van der Waals surface area contributed by atoms with Crippen molar-refractivity contribution in [3.63, 3.8) is 0 Å². The molecule has 2 aromatic heterocycles. The number of aromatic nitrogens is 3. The minimum atomic E-state index is -1.08. The van der Waals surface area contributed by atoms with Gasteiger partial charge in [0.2, 0.25) is 0 Å². The number of nitrogens with zero attached hydrogens (tertiary/aromatic N) is 2. The maximum atomic E-state index is 12.8. The Hall–Kier alpha value is -4.46. The fourth-order valence-corrected chi connectivity index (χ4v) is 4.26. The van der Waals surface area contributed by atoms with E-state index in [2.05, 4.69) is 39.1 Å². The molecular formula is C26H22N4O4. The van der Waals surface area contributed by atoms with Crippen molar-refractivity contribution in [2.75, 3.05) is 5.32 Å². The average Bonchev–Trinajstić information content (AvgIpc) is 3.17. The van der Waals surface area contributed by atoms with Gasteiger partial charge in [-0.15, -0.1) is 0 Å². The van der Waals surface area contributed by atoms with Crippen LogP contribution in [-0.2, 0) is 16.1 Å². The summed E-state index contributed by atoms with van der Waals surface area (Å²) in [6.45, 7) is 4.41. The molecule has 2 N–H and O–H groups in total. The number of para-hydroxylation sites is 1. The first-order chi connectivity index (χ1) is 16.5.